The van der Waals surface area contributed by atoms with E-state index in [1.165, 1.54) is 12.1 Å². The van der Waals surface area contributed by atoms with Crippen LogP contribution in [0.1, 0.15) is 11.4 Å². The zero-order valence-corrected chi connectivity index (χ0v) is 6.02. The highest BCUT2D eigenvalue weighted by molar-refractivity contribution is 5.13. The Morgan fingerprint density at radius 3 is 2.50 bits per heavy atom. The molecule has 0 bridgehead atoms. The smallest absolute Gasteiger partial charge is 0.251 e. The highest BCUT2D eigenvalue weighted by atomic mass is 19.4. The molecule has 1 rings (SSSR count). The highest BCUT2D eigenvalue weighted by Gasteiger charge is 2.32. The quantitative estimate of drug-likeness (QED) is 0.642. The van der Waals surface area contributed by atoms with Crippen molar-refractivity contribution in [2.24, 2.45) is 0 Å². The Morgan fingerprint density at radius 1 is 1.33 bits per heavy atom. The van der Waals surface area contributed by atoms with E-state index in [4.69, 9.17) is 5.73 Å². The molecule has 1 heterocycles. The molecule has 1 radical (unpaired) electrons. The summed E-state index contributed by atoms with van der Waals surface area (Å²) >= 11 is 0. The van der Waals surface area contributed by atoms with Crippen molar-refractivity contribution >= 4 is 0 Å². The summed E-state index contributed by atoms with van der Waals surface area (Å²) in [7, 11) is 0. The predicted octanol–water partition coefficient (Wildman–Crippen LogP) is 1.88. The van der Waals surface area contributed by atoms with Crippen molar-refractivity contribution in [1.82, 2.24) is 10.7 Å². The van der Waals surface area contributed by atoms with Gasteiger partial charge in [-0.2, -0.15) is 13.2 Å². The number of hydrogen-bond acceptors (Lipinski definition) is 1. The van der Waals surface area contributed by atoms with Gasteiger partial charge in [0.15, 0.2) is 0 Å². The van der Waals surface area contributed by atoms with Crippen LogP contribution in [0.2, 0.25) is 0 Å². The molecule has 12 heavy (non-hydrogen) atoms. The maximum Gasteiger partial charge on any atom is 0.433 e. The number of rotatable bonds is 1. The molecule has 0 aliphatic rings. The van der Waals surface area contributed by atoms with E-state index in [1.807, 2.05) is 0 Å². The number of hydrogen-bond donors (Lipinski definition) is 0. The van der Waals surface area contributed by atoms with Gasteiger partial charge in [-0.15, -0.1) is 0 Å². The van der Waals surface area contributed by atoms with E-state index in [-0.39, 0.29) is 12.2 Å². The first-order chi connectivity index (χ1) is 5.54. The molecule has 0 atom stereocenters. The molecule has 65 valence electrons. The van der Waals surface area contributed by atoms with Crippen molar-refractivity contribution in [3.05, 3.63) is 29.6 Å². The van der Waals surface area contributed by atoms with Crippen LogP contribution < -0.4 is 5.73 Å². The van der Waals surface area contributed by atoms with Crippen LogP contribution in [0, 0.1) is 0 Å². The first kappa shape index (κ1) is 8.99. The first-order valence-corrected chi connectivity index (χ1v) is 3.22. The first-order valence-electron chi connectivity index (χ1n) is 3.22. The largest absolute Gasteiger partial charge is 0.433 e. The van der Waals surface area contributed by atoms with Gasteiger partial charge in [0.2, 0.25) is 0 Å². The van der Waals surface area contributed by atoms with E-state index in [1.54, 1.807) is 0 Å². The SMILES string of the molecule is [NH]Cc1cccc(C(F)(F)F)n1. The topological polar surface area (TPSA) is 36.7 Å². The number of alkyl halides is 3. The van der Waals surface area contributed by atoms with Crippen LogP contribution in [-0.4, -0.2) is 4.98 Å². The van der Waals surface area contributed by atoms with Crippen molar-refractivity contribution in [2.75, 3.05) is 0 Å². The minimum absolute atomic E-state index is 0.129. The Morgan fingerprint density at radius 2 is 2.00 bits per heavy atom. The monoisotopic (exact) mass is 175 g/mol. The Hall–Kier alpha value is -1.10. The summed E-state index contributed by atoms with van der Waals surface area (Å²) < 4.78 is 35.9. The molecule has 1 aromatic rings. The molecule has 0 aliphatic heterocycles. The Bertz CT molecular complexity index is 270. The lowest BCUT2D eigenvalue weighted by Gasteiger charge is -2.05. The number of aromatic nitrogens is 1. The van der Waals surface area contributed by atoms with E-state index < -0.39 is 11.9 Å². The van der Waals surface area contributed by atoms with Crippen molar-refractivity contribution in [1.29, 1.82) is 0 Å². The van der Waals surface area contributed by atoms with Crippen LogP contribution in [-0.2, 0) is 12.7 Å². The third kappa shape index (κ3) is 1.94. The zero-order chi connectivity index (χ0) is 9.19. The lowest BCUT2D eigenvalue weighted by Crippen LogP contribution is -2.09. The van der Waals surface area contributed by atoms with Crippen LogP contribution >= 0.6 is 0 Å². The van der Waals surface area contributed by atoms with Crippen LogP contribution in [0.5, 0.6) is 0 Å². The fourth-order valence-electron chi connectivity index (χ4n) is 0.736. The van der Waals surface area contributed by atoms with Gasteiger partial charge in [-0.05, 0) is 12.1 Å². The highest BCUT2D eigenvalue weighted by Crippen LogP contribution is 2.27. The van der Waals surface area contributed by atoms with Crippen LogP contribution in [0.3, 0.4) is 0 Å². The van der Waals surface area contributed by atoms with E-state index in [0.717, 1.165) is 6.07 Å². The lowest BCUT2D eigenvalue weighted by molar-refractivity contribution is -0.141. The summed E-state index contributed by atoms with van der Waals surface area (Å²) in [5.41, 5.74) is 6.01. The Kier molecular flexibility index (Phi) is 2.32. The second-order valence-corrected chi connectivity index (χ2v) is 2.19. The minimum atomic E-state index is -4.41. The summed E-state index contributed by atoms with van der Waals surface area (Å²) in [5.74, 6) is 0. The van der Waals surface area contributed by atoms with Gasteiger partial charge in [0, 0.05) is 0 Å². The van der Waals surface area contributed by atoms with Gasteiger partial charge in [-0.1, -0.05) is 6.07 Å². The van der Waals surface area contributed by atoms with Gasteiger partial charge in [0.1, 0.15) is 5.69 Å². The van der Waals surface area contributed by atoms with Crippen LogP contribution in [0.25, 0.3) is 0 Å². The molecule has 5 heteroatoms. The Labute approximate surface area is 67.2 Å². The van der Waals surface area contributed by atoms with Gasteiger partial charge >= 0.3 is 6.18 Å². The number of halogens is 3. The van der Waals surface area contributed by atoms with Gasteiger partial charge in [0.25, 0.3) is 0 Å². The maximum atomic E-state index is 12.0. The lowest BCUT2D eigenvalue weighted by atomic mass is 10.3. The van der Waals surface area contributed by atoms with E-state index in [2.05, 4.69) is 4.98 Å². The molecule has 0 fully saturated rings. The molecule has 0 spiro atoms. The average molecular weight is 175 g/mol. The molecule has 0 saturated carbocycles. The molecule has 0 aliphatic carbocycles. The Balaban J connectivity index is 3.02. The summed E-state index contributed by atoms with van der Waals surface area (Å²) in [4.78, 5) is 3.25. The van der Waals surface area contributed by atoms with E-state index in [9.17, 15) is 13.2 Å². The van der Waals surface area contributed by atoms with Crippen LogP contribution in [0.4, 0.5) is 13.2 Å². The summed E-state index contributed by atoms with van der Waals surface area (Å²) in [6.07, 6.45) is -4.41. The summed E-state index contributed by atoms with van der Waals surface area (Å²) in [6, 6.07) is 3.53. The third-order valence-electron chi connectivity index (χ3n) is 1.28. The zero-order valence-electron chi connectivity index (χ0n) is 6.02. The maximum absolute atomic E-state index is 12.0. The third-order valence-corrected chi connectivity index (χ3v) is 1.28. The normalized spacial score (nSPS) is 11.7. The van der Waals surface area contributed by atoms with Crippen molar-refractivity contribution in [2.45, 2.75) is 12.7 Å². The fourth-order valence-corrected chi connectivity index (χ4v) is 0.736. The summed E-state index contributed by atoms with van der Waals surface area (Å²) in [5, 5.41) is 0. The molecule has 0 aromatic carbocycles. The number of nitrogens with zero attached hydrogens (tertiary/aromatic N) is 1. The number of nitrogens with one attached hydrogen (secondary N) is 1. The molecule has 0 amide bonds. The van der Waals surface area contributed by atoms with E-state index in [0.29, 0.717) is 0 Å². The molecule has 1 N–H and O–H groups in total. The fraction of sp³-hybridized carbons (Fsp3) is 0.286. The van der Waals surface area contributed by atoms with Gasteiger partial charge < -0.3 is 0 Å². The number of pyridine rings is 1. The van der Waals surface area contributed by atoms with Gasteiger partial charge in [-0.3, -0.25) is 5.73 Å². The van der Waals surface area contributed by atoms with Gasteiger partial charge in [0.05, 0.1) is 12.2 Å². The molecular weight excluding hydrogens is 169 g/mol. The molecule has 0 saturated heterocycles. The summed E-state index contributed by atoms with van der Waals surface area (Å²) in [6.45, 7) is -0.232. The molecule has 2 nitrogen and oxygen atoms in total. The van der Waals surface area contributed by atoms with Crippen molar-refractivity contribution in [3.8, 4) is 0 Å². The second-order valence-electron chi connectivity index (χ2n) is 2.19. The van der Waals surface area contributed by atoms with E-state index >= 15 is 0 Å². The van der Waals surface area contributed by atoms with Gasteiger partial charge in [-0.25, -0.2) is 4.98 Å². The molecular formula is C7H6F3N2. The molecule has 1 aromatic heterocycles. The second kappa shape index (κ2) is 3.10. The standard InChI is InChI=1S/C7H6F3N2/c8-7(9,10)6-3-1-2-5(4-11)12-6/h1-3,11H,4H2. The predicted molar refractivity (Wildman–Crippen MR) is 36.0 cm³/mol. The average Bonchev–Trinajstić information content (AvgIpc) is 2.03. The minimum Gasteiger partial charge on any atom is -0.251 e. The van der Waals surface area contributed by atoms with Crippen molar-refractivity contribution < 1.29 is 13.2 Å². The van der Waals surface area contributed by atoms with Crippen molar-refractivity contribution in [3.63, 3.8) is 0 Å². The molecule has 0 unspecified atom stereocenters. The van der Waals surface area contributed by atoms with Crippen LogP contribution in [0.15, 0.2) is 18.2 Å².